The lowest BCUT2D eigenvalue weighted by molar-refractivity contribution is -0.177. The molecule has 0 atom stereocenters. The van der Waals surface area contributed by atoms with E-state index >= 15 is 0 Å². The third-order valence-corrected chi connectivity index (χ3v) is 8.70. The lowest BCUT2D eigenvalue weighted by Gasteiger charge is -2.25. The molecule has 0 radical (unpaired) electrons. The van der Waals surface area contributed by atoms with Crippen LogP contribution in [0.15, 0.2) is 82.6 Å². The molecule has 174 valence electrons. The number of hydrogen-bond acceptors (Lipinski definition) is 7. The summed E-state index contributed by atoms with van der Waals surface area (Å²) < 4.78 is 54.7. The van der Waals surface area contributed by atoms with Gasteiger partial charge in [0.05, 0.1) is 28.3 Å². The van der Waals surface area contributed by atoms with Gasteiger partial charge in [-0.1, -0.05) is 36.4 Å². The number of carbonyl (C=O) groups is 1. The van der Waals surface area contributed by atoms with Crippen molar-refractivity contribution in [2.45, 2.75) is 23.6 Å². The van der Waals surface area contributed by atoms with Gasteiger partial charge in [0.25, 0.3) is 20.0 Å². The molecule has 0 aliphatic heterocycles. The molecule has 3 aromatic rings. The zero-order valence-electron chi connectivity index (χ0n) is 18.0. The van der Waals surface area contributed by atoms with Gasteiger partial charge in [-0.2, -0.15) is 8.60 Å². The first-order valence-electron chi connectivity index (χ1n) is 9.62. The fraction of sp³-hybridized carbons (Fsp3) is 0.136. The van der Waals surface area contributed by atoms with Crippen LogP contribution in [0.4, 0.5) is 11.4 Å². The van der Waals surface area contributed by atoms with E-state index < -0.39 is 26.0 Å². The summed E-state index contributed by atoms with van der Waals surface area (Å²) in [5, 5.41) is 2.57. The highest BCUT2D eigenvalue weighted by Gasteiger charge is 2.37. The van der Waals surface area contributed by atoms with Crippen molar-refractivity contribution < 1.29 is 31.4 Å². The average molecular weight is 491 g/mol. The summed E-state index contributed by atoms with van der Waals surface area (Å²) >= 11 is 0. The smallest absolute Gasteiger partial charge is 0.277 e. The summed E-state index contributed by atoms with van der Waals surface area (Å²) in [5.41, 5.74) is 0.342. The minimum absolute atomic E-state index is 0.0702. The summed E-state index contributed by atoms with van der Waals surface area (Å²) in [6.45, 7) is 2.86. The van der Waals surface area contributed by atoms with Crippen LogP contribution in [0.5, 0.6) is 5.75 Å². The molecular weight excluding hydrogens is 468 g/mol. The van der Waals surface area contributed by atoms with E-state index in [1.807, 2.05) is 0 Å². The van der Waals surface area contributed by atoms with Crippen molar-refractivity contribution in [1.82, 2.24) is 0 Å². The molecule has 9 nitrogen and oxygen atoms in total. The molecule has 0 heterocycles. The van der Waals surface area contributed by atoms with Gasteiger partial charge in [0, 0.05) is 13.0 Å². The molecule has 0 saturated heterocycles. The lowest BCUT2D eigenvalue weighted by Crippen LogP contribution is -2.37. The fourth-order valence-corrected chi connectivity index (χ4v) is 6.82. The van der Waals surface area contributed by atoms with E-state index in [0.717, 1.165) is 0 Å². The number of sulfonamides is 2. The van der Waals surface area contributed by atoms with Crippen LogP contribution in [0.3, 0.4) is 0 Å². The molecule has 1 N–H and O–H groups in total. The van der Waals surface area contributed by atoms with Crippen LogP contribution >= 0.6 is 0 Å². The summed E-state index contributed by atoms with van der Waals surface area (Å²) in [4.78, 5) is 21.0. The number of aryl methyl sites for hydroxylation is 1. The van der Waals surface area contributed by atoms with E-state index in [9.17, 15) is 21.6 Å². The predicted molar refractivity (Wildman–Crippen MR) is 123 cm³/mol. The van der Waals surface area contributed by atoms with E-state index in [1.54, 1.807) is 19.1 Å². The second-order valence-electron chi connectivity index (χ2n) is 6.90. The van der Waals surface area contributed by atoms with Gasteiger partial charge < -0.3 is 10.2 Å². The highest BCUT2D eigenvalue weighted by atomic mass is 32.3. The fourth-order valence-electron chi connectivity index (χ4n) is 3.12. The molecule has 0 saturated carbocycles. The van der Waals surface area contributed by atoms with Crippen molar-refractivity contribution in [3.8, 4) is 5.75 Å². The largest absolute Gasteiger partial charge is 0.336 e. The minimum Gasteiger partial charge on any atom is -0.336 e. The normalized spacial score (nSPS) is 11.6. The highest BCUT2D eigenvalue weighted by molar-refractivity contribution is 8.10. The maximum atomic E-state index is 13.6. The monoisotopic (exact) mass is 490 g/mol. The second-order valence-corrected chi connectivity index (χ2v) is 10.7. The van der Waals surface area contributed by atoms with E-state index in [-0.39, 0.29) is 26.9 Å². The Morgan fingerprint density at radius 3 is 1.76 bits per heavy atom. The summed E-state index contributed by atoms with van der Waals surface area (Å²) in [6, 6.07) is 16.9. The van der Waals surface area contributed by atoms with Gasteiger partial charge in [-0.25, -0.2) is 16.8 Å². The zero-order valence-corrected chi connectivity index (χ0v) is 19.7. The molecule has 33 heavy (non-hydrogen) atoms. The average Bonchev–Trinajstić information content (AvgIpc) is 2.77. The number of benzene rings is 3. The van der Waals surface area contributed by atoms with Crippen LogP contribution in [0.1, 0.15) is 12.5 Å². The highest BCUT2D eigenvalue weighted by Crippen LogP contribution is 2.38. The van der Waals surface area contributed by atoms with Gasteiger partial charge in [-0.15, -0.1) is 0 Å². The Bertz CT molecular complexity index is 1290. The van der Waals surface area contributed by atoms with Crippen molar-refractivity contribution in [2.24, 2.45) is 0 Å². The first kappa shape index (κ1) is 24.2. The molecule has 1 amide bonds. The van der Waals surface area contributed by atoms with Crippen LogP contribution in [-0.4, -0.2) is 29.9 Å². The number of rotatable bonds is 8. The van der Waals surface area contributed by atoms with Crippen LogP contribution < -0.4 is 13.9 Å². The summed E-state index contributed by atoms with van der Waals surface area (Å²) in [5.74, 6) is -0.475. The molecule has 0 bridgehead atoms. The van der Waals surface area contributed by atoms with Crippen molar-refractivity contribution in [3.05, 3.63) is 78.4 Å². The molecule has 0 aromatic heterocycles. The third-order valence-electron chi connectivity index (χ3n) is 4.49. The Morgan fingerprint density at radius 2 is 1.33 bits per heavy atom. The quantitative estimate of drug-likeness (QED) is 0.379. The number of carbonyl (C=O) groups excluding carboxylic acids is 1. The third kappa shape index (κ3) is 5.00. The van der Waals surface area contributed by atoms with Crippen LogP contribution in [-0.2, 0) is 29.7 Å². The van der Waals surface area contributed by atoms with E-state index in [2.05, 4.69) is 5.32 Å². The second kappa shape index (κ2) is 9.61. The van der Waals surface area contributed by atoms with Gasteiger partial charge in [0.15, 0.2) is 5.75 Å². The summed E-state index contributed by atoms with van der Waals surface area (Å²) in [7, 11) is -7.94. The zero-order chi connectivity index (χ0) is 24.2. The van der Waals surface area contributed by atoms with Crippen molar-refractivity contribution in [2.75, 3.05) is 16.1 Å². The Kier molecular flexibility index (Phi) is 7.06. The maximum absolute atomic E-state index is 13.6. The lowest BCUT2D eigenvalue weighted by atomic mass is 10.1. The van der Waals surface area contributed by atoms with E-state index in [0.29, 0.717) is 9.27 Å². The molecule has 0 aliphatic rings. The molecule has 11 heteroatoms. The van der Waals surface area contributed by atoms with Crippen molar-refractivity contribution >= 4 is 37.3 Å². The van der Waals surface area contributed by atoms with Crippen LogP contribution in [0, 0.1) is 6.92 Å². The van der Waals surface area contributed by atoms with Crippen molar-refractivity contribution in [3.63, 3.8) is 0 Å². The Labute approximate surface area is 192 Å². The minimum atomic E-state index is -4.58. The van der Waals surface area contributed by atoms with Gasteiger partial charge in [-0.05, 0) is 42.8 Å². The summed E-state index contributed by atoms with van der Waals surface area (Å²) in [6.07, 6.45) is 0. The Morgan fingerprint density at radius 1 is 0.848 bits per heavy atom. The molecule has 0 fully saturated rings. The van der Waals surface area contributed by atoms with Gasteiger partial charge in [0.1, 0.15) is 0 Å². The van der Waals surface area contributed by atoms with Crippen LogP contribution in [0.25, 0.3) is 0 Å². The van der Waals surface area contributed by atoms with Gasteiger partial charge in [-0.3, -0.25) is 4.79 Å². The predicted octanol–water partition coefficient (Wildman–Crippen LogP) is 3.48. The standard InChI is InChI=1S/C22H22N2O7S2/c1-16-14-18(15-21(31-30-3)22(16)23-17(2)25)24(32(26,27)19-10-6-4-7-11-19)33(28,29)20-12-8-5-9-13-20/h4-15H,1-3H3,(H,23,25). The van der Waals surface area contributed by atoms with Gasteiger partial charge >= 0.3 is 0 Å². The molecular formula is C22H22N2O7S2. The maximum Gasteiger partial charge on any atom is 0.277 e. The SMILES string of the molecule is COOc1cc(N(S(=O)(=O)c2ccccc2)S(=O)(=O)c2ccccc2)cc(C)c1NC(C)=O. The number of anilines is 2. The number of nitrogens with one attached hydrogen (secondary N) is 1. The number of amides is 1. The van der Waals surface area contributed by atoms with E-state index in [1.165, 1.54) is 74.7 Å². The molecule has 0 unspecified atom stereocenters. The van der Waals surface area contributed by atoms with Gasteiger partial charge in [0.2, 0.25) is 5.91 Å². The van der Waals surface area contributed by atoms with E-state index in [4.69, 9.17) is 9.78 Å². The van der Waals surface area contributed by atoms with Crippen LogP contribution in [0.2, 0.25) is 0 Å². The molecule has 3 aromatic carbocycles. The topological polar surface area (TPSA) is 119 Å². The number of nitrogens with zero attached hydrogens (tertiary/aromatic N) is 1. The Hall–Kier alpha value is -3.41. The molecule has 3 rings (SSSR count). The molecule has 0 aliphatic carbocycles. The first-order chi connectivity index (χ1) is 15.6. The molecule has 0 spiro atoms. The first-order valence-corrected chi connectivity index (χ1v) is 12.5. The van der Waals surface area contributed by atoms with Crippen molar-refractivity contribution in [1.29, 1.82) is 0 Å². The number of hydrogen-bond donors (Lipinski definition) is 1. The Balaban J connectivity index is 2.32.